The summed E-state index contributed by atoms with van der Waals surface area (Å²) >= 11 is 2.67. The summed E-state index contributed by atoms with van der Waals surface area (Å²) in [5.41, 5.74) is 9.45. The van der Waals surface area contributed by atoms with Gasteiger partial charge in [-0.1, -0.05) is 32.5 Å². The van der Waals surface area contributed by atoms with E-state index in [4.69, 9.17) is 30.4 Å². The molecule has 32 heteroatoms. The zero-order valence-corrected chi connectivity index (χ0v) is 37.4. The Morgan fingerprint density at radius 2 is 1.69 bits per heavy atom. The maximum Gasteiger partial charge on any atom is 0.481 e. The van der Waals surface area contributed by atoms with Crippen molar-refractivity contribution in [2.24, 2.45) is 11.1 Å². The molecule has 2 amide bonds. The van der Waals surface area contributed by atoms with Crippen LogP contribution in [0.2, 0.25) is 0 Å². The van der Waals surface area contributed by atoms with Gasteiger partial charge in [0.2, 0.25) is 11.8 Å². The van der Waals surface area contributed by atoms with Gasteiger partial charge >= 0.3 is 29.4 Å². The van der Waals surface area contributed by atoms with Crippen molar-refractivity contribution in [2.75, 3.05) is 49.8 Å². The molecule has 0 bridgehead atoms. The Morgan fingerprint density at radius 3 is 2.30 bits per heavy atom. The number of hydrogen-bond donors (Lipinski definition) is 11. The van der Waals surface area contributed by atoms with Crippen molar-refractivity contribution in [1.82, 2.24) is 30.2 Å². The van der Waals surface area contributed by atoms with E-state index < -0.39 is 96.6 Å². The maximum atomic E-state index is 12.6. The third-order valence-corrected chi connectivity index (χ3v) is 12.8. The van der Waals surface area contributed by atoms with E-state index in [1.165, 1.54) is 13.8 Å². The summed E-state index contributed by atoms with van der Waals surface area (Å²) in [5.74, 6) is -1.17. The molecular formula is C29H51N8O19P3S2. The Kier molecular flexibility index (Phi) is 21.8. The van der Waals surface area contributed by atoms with Crippen molar-refractivity contribution >= 4 is 86.9 Å². The molecular weight excluding hydrogens is 921 g/mol. The van der Waals surface area contributed by atoms with Crippen LogP contribution >= 0.6 is 47.0 Å². The van der Waals surface area contributed by atoms with E-state index in [1.807, 2.05) is 6.26 Å². The zero-order valence-electron chi connectivity index (χ0n) is 33.1. The number of carboxylic acids is 1. The van der Waals surface area contributed by atoms with Crippen LogP contribution in [0.25, 0.3) is 11.2 Å². The minimum Gasteiger partial charge on any atom is -0.480 e. The number of nitrogen functional groups attached to an aromatic ring is 1. The number of aliphatic hydroxyl groups excluding tert-OH is 2. The number of imidazole rings is 1. The highest BCUT2D eigenvalue weighted by Gasteiger charge is 2.50. The number of ether oxygens (including phenoxy) is 1. The van der Waals surface area contributed by atoms with Crippen molar-refractivity contribution < 1.29 is 90.4 Å². The molecule has 1 fully saturated rings. The summed E-state index contributed by atoms with van der Waals surface area (Å²) in [6.07, 6.45) is -4.04. The number of aromatic nitrogens is 4. The molecule has 3 rings (SSSR count). The molecule has 2 unspecified atom stereocenters. The topological polar surface area (TPSA) is 427 Å². The Balaban J connectivity index is 0.00000127. The number of aliphatic carboxylic acids is 1. The number of aliphatic hydroxyl groups is 2. The Bertz CT molecular complexity index is 1940. The lowest BCUT2D eigenvalue weighted by Crippen LogP contribution is -2.46. The average Bonchev–Trinajstić information content (AvgIpc) is 3.73. The number of hydrogen-bond acceptors (Lipinski definition) is 21. The zero-order chi connectivity index (χ0) is 46.3. The number of rotatable bonds is 24. The highest BCUT2D eigenvalue weighted by molar-refractivity contribution is 8.13. The third kappa shape index (κ3) is 18.5. The second-order valence-electron chi connectivity index (χ2n) is 13.4. The monoisotopic (exact) mass is 972 g/mol. The van der Waals surface area contributed by atoms with Crippen molar-refractivity contribution in [1.29, 1.82) is 0 Å². The SMILES string of the molecule is CCC(=O)SCCNC(=O)CCNC(=O)[C@H](O)C(C)(C)COP(=O)(O)OP(=O)(O)OC[C@H]1O[C@@H](n2cnc3c(N)ncnc32)[C@H](O)[C@@H]1OP(=O)(O)O.CSCC[C@H](N)C(=O)O. The van der Waals surface area contributed by atoms with Gasteiger partial charge in [-0.2, -0.15) is 16.1 Å². The first-order valence-electron chi connectivity index (χ1n) is 17.8. The van der Waals surface area contributed by atoms with Crippen LogP contribution in [0.1, 0.15) is 46.3 Å². The molecule has 13 N–H and O–H groups in total. The number of phosphoric acid groups is 3. The highest BCUT2D eigenvalue weighted by Crippen LogP contribution is 2.61. The lowest BCUT2D eigenvalue weighted by atomic mass is 9.87. The molecule has 0 aliphatic carbocycles. The van der Waals surface area contributed by atoms with Crippen molar-refractivity contribution in [2.45, 2.75) is 76.7 Å². The predicted octanol–water partition coefficient (Wildman–Crippen LogP) is -0.774. The number of thioether (sulfide) groups is 2. The summed E-state index contributed by atoms with van der Waals surface area (Å²) in [4.78, 5) is 96.5. The summed E-state index contributed by atoms with van der Waals surface area (Å²) < 4.78 is 61.9. The van der Waals surface area contributed by atoms with Gasteiger partial charge in [0.25, 0.3) is 0 Å². The van der Waals surface area contributed by atoms with Gasteiger partial charge in [0.05, 0.1) is 19.5 Å². The minimum absolute atomic E-state index is 0.0221. The van der Waals surface area contributed by atoms with Gasteiger partial charge in [-0.25, -0.2) is 28.6 Å². The van der Waals surface area contributed by atoms with Gasteiger partial charge in [0, 0.05) is 37.1 Å². The predicted molar refractivity (Wildman–Crippen MR) is 216 cm³/mol. The fourth-order valence-electron chi connectivity index (χ4n) is 4.77. The molecule has 0 spiro atoms. The van der Waals surface area contributed by atoms with Gasteiger partial charge in [-0.3, -0.25) is 37.3 Å². The van der Waals surface area contributed by atoms with Crippen LogP contribution in [0.15, 0.2) is 12.7 Å². The number of nitrogens with zero attached hydrogens (tertiary/aromatic N) is 4. The summed E-state index contributed by atoms with van der Waals surface area (Å²) in [6.45, 7) is 2.24. The molecule has 2 aromatic rings. The molecule has 3 heterocycles. The summed E-state index contributed by atoms with van der Waals surface area (Å²) in [6, 6.07) is -0.683. The average molecular weight is 973 g/mol. The molecule has 2 aromatic heterocycles. The normalized spacial score (nSPS) is 21.0. The van der Waals surface area contributed by atoms with Crippen molar-refractivity contribution in [3.63, 3.8) is 0 Å². The van der Waals surface area contributed by atoms with E-state index in [1.54, 1.807) is 18.7 Å². The largest absolute Gasteiger partial charge is 0.481 e. The van der Waals surface area contributed by atoms with Crippen LogP contribution in [0.4, 0.5) is 5.82 Å². The first-order valence-corrected chi connectivity index (χ1v) is 24.7. The number of carboxylic acid groups (broad SMARTS) is 1. The van der Waals surface area contributed by atoms with Gasteiger partial charge in [0.15, 0.2) is 22.8 Å². The van der Waals surface area contributed by atoms with Crippen LogP contribution in [0.3, 0.4) is 0 Å². The number of nitrogens with one attached hydrogen (secondary N) is 2. The Hall–Kier alpha value is -2.66. The molecule has 61 heavy (non-hydrogen) atoms. The molecule has 1 aliphatic heterocycles. The van der Waals surface area contributed by atoms with Gasteiger partial charge < -0.3 is 61.7 Å². The third-order valence-electron chi connectivity index (χ3n) is 8.00. The molecule has 27 nitrogen and oxygen atoms in total. The smallest absolute Gasteiger partial charge is 0.480 e. The molecule has 1 aliphatic rings. The fourth-order valence-corrected chi connectivity index (χ4v) is 8.72. The van der Waals surface area contributed by atoms with Crippen LogP contribution in [-0.4, -0.2) is 152 Å². The number of amides is 2. The number of carbonyl (C=O) groups is 4. The van der Waals surface area contributed by atoms with Gasteiger partial charge in [-0.05, 0) is 18.4 Å². The molecule has 0 aromatic carbocycles. The Morgan fingerprint density at radius 1 is 1.03 bits per heavy atom. The minimum atomic E-state index is -5.56. The second-order valence-corrected chi connectivity index (χ2v) is 19.7. The number of fused-ring (bicyclic) bond motifs is 1. The van der Waals surface area contributed by atoms with E-state index in [0.29, 0.717) is 18.6 Å². The fraction of sp³-hybridized carbons (Fsp3) is 0.690. The summed E-state index contributed by atoms with van der Waals surface area (Å²) in [7, 11) is -16.4. The Labute approximate surface area is 356 Å². The van der Waals surface area contributed by atoms with E-state index >= 15 is 0 Å². The maximum absolute atomic E-state index is 12.6. The highest BCUT2D eigenvalue weighted by atomic mass is 32.2. The lowest BCUT2D eigenvalue weighted by Gasteiger charge is -2.30. The molecule has 0 radical (unpaired) electrons. The van der Waals surface area contributed by atoms with Crippen molar-refractivity contribution in [3.05, 3.63) is 12.7 Å². The lowest BCUT2D eigenvalue weighted by molar-refractivity contribution is -0.138. The molecule has 8 atom stereocenters. The van der Waals surface area contributed by atoms with Crippen LogP contribution < -0.4 is 22.1 Å². The van der Waals surface area contributed by atoms with Crippen molar-refractivity contribution in [3.8, 4) is 0 Å². The first-order chi connectivity index (χ1) is 28.2. The first kappa shape index (κ1) is 54.5. The van der Waals surface area contributed by atoms with E-state index in [-0.39, 0.29) is 41.6 Å². The van der Waals surface area contributed by atoms with Crippen LogP contribution in [-0.2, 0) is 55.5 Å². The number of anilines is 1. The second kappa shape index (κ2) is 24.4. The standard InChI is InChI=1S/C24H40N7O17P3S.C5H11NO2S/c1-4-15(33)52-8-7-26-14(32)5-6-27-22(36)19(35)24(2,3)10-45-51(42,43)48-50(40,41)44-9-13-18(47-49(37,38)39)17(34)23(46-13)31-12-30-16-20(25)28-11-29-21(16)31;1-9-3-2-4(6)5(7)8/h11-13,17-19,23,34-35H,4-10H2,1-3H3,(H,26,32)(H,27,36)(H,40,41)(H,42,43)(H2,25,28,29)(H2,37,38,39);4H,2-3,6H2,1H3,(H,7,8)/t13-,17-,18-,19+,23-;4-/m10/s1. The van der Waals surface area contributed by atoms with E-state index in [0.717, 1.165) is 34.7 Å². The molecule has 1 saturated heterocycles. The van der Waals surface area contributed by atoms with Gasteiger partial charge in [0.1, 0.15) is 42.3 Å². The molecule has 348 valence electrons. The number of nitrogens with two attached hydrogens (primary N) is 2. The number of carbonyl (C=O) groups excluding carboxylic acids is 3. The van der Waals surface area contributed by atoms with Crippen LogP contribution in [0, 0.1) is 5.41 Å². The van der Waals surface area contributed by atoms with Crippen LogP contribution in [0.5, 0.6) is 0 Å². The van der Waals surface area contributed by atoms with E-state index in [2.05, 4.69) is 34.4 Å². The number of phosphoric ester groups is 3. The van der Waals surface area contributed by atoms with Gasteiger partial charge in [-0.15, -0.1) is 0 Å². The molecule has 0 saturated carbocycles. The summed E-state index contributed by atoms with van der Waals surface area (Å²) in [5, 5.41) is 34.5. The van der Waals surface area contributed by atoms with E-state index in [9.17, 15) is 62.7 Å². The quantitative estimate of drug-likeness (QED) is 0.0454.